The van der Waals surface area contributed by atoms with Crippen LogP contribution in [0.2, 0.25) is 5.02 Å². The number of benzene rings is 2. The number of nitrogens with zero attached hydrogens (tertiary/aromatic N) is 1. The van der Waals surface area contributed by atoms with Gasteiger partial charge in [0.15, 0.2) is 0 Å². The number of anilines is 2. The summed E-state index contributed by atoms with van der Waals surface area (Å²) >= 11 is 5.97. The molecule has 2 aromatic carbocycles. The monoisotopic (exact) mass is 369 g/mol. The lowest BCUT2D eigenvalue weighted by atomic mass is 10.1. The molecular formula is C20H17ClFN3O. The van der Waals surface area contributed by atoms with Crippen molar-refractivity contribution in [2.24, 2.45) is 0 Å². The zero-order chi connectivity index (χ0) is 18.4. The van der Waals surface area contributed by atoms with Gasteiger partial charge in [0.05, 0.1) is 17.4 Å². The third-order valence-corrected chi connectivity index (χ3v) is 3.99. The Labute approximate surface area is 156 Å². The number of carbonyl (C=O) groups excluding carboxylic acids is 1. The first-order valence-corrected chi connectivity index (χ1v) is 8.49. The van der Waals surface area contributed by atoms with Crippen LogP contribution >= 0.6 is 11.6 Å². The molecule has 132 valence electrons. The average molecular weight is 370 g/mol. The summed E-state index contributed by atoms with van der Waals surface area (Å²) in [7, 11) is 0. The van der Waals surface area contributed by atoms with Crippen molar-refractivity contribution in [1.82, 2.24) is 10.3 Å². The zero-order valence-electron chi connectivity index (χ0n) is 13.9. The Bertz CT molecular complexity index is 917. The lowest BCUT2D eigenvalue weighted by Gasteiger charge is -2.09. The van der Waals surface area contributed by atoms with Crippen molar-refractivity contribution in [3.8, 4) is 0 Å². The summed E-state index contributed by atoms with van der Waals surface area (Å²) in [4.78, 5) is 16.4. The molecule has 6 heteroatoms. The minimum absolute atomic E-state index is 0.261. The number of carbonyl (C=O) groups is 1. The molecule has 0 atom stereocenters. The summed E-state index contributed by atoms with van der Waals surface area (Å²) < 4.78 is 13.6. The molecule has 0 aliphatic heterocycles. The second kappa shape index (κ2) is 8.45. The molecule has 1 amide bonds. The van der Waals surface area contributed by atoms with E-state index < -0.39 is 0 Å². The highest BCUT2D eigenvalue weighted by Crippen LogP contribution is 2.20. The Morgan fingerprint density at radius 2 is 1.88 bits per heavy atom. The summed E-state index contributed by atoms with van der Waals surface area (Å²) in [6, 6.07) is 15.5. The molecule has 2 N–H and O–H groups in total. The van der Waals surface area contributed by atoms with Gasteiger partial charge in [0.1, 0.15) is 5.82 Å². The predicted octanol–water partition coefficient (Wildman–Crippen LogP) is 4.59. The predicted molar refractivity (Wildman–Crippen MR) is 101 cm³/mol. The van der Waals surface area contributed by atoms with Crippen LogP contribution in [0, 0.1) is 5.82 Å². The van der Waals surface area contributed by atoms with Gasteiger partial charge in [-0.1, -0.05) is 35.9 Å². The molecule has 1 heterocycles. The van der Waals surface area contributed by atoms with Crippen molar-refractivity contribution in [3.63, 3.8) is 0 Å². The van der Waals surface area contributed by atoms with Crippen LogP contribution in [0.5, 0.6) is 0 Å². The fourth-order valence-corrected chi connectivity index (χ4v) is 2.67. The van der Waals surface area contributed by atoms with Gasteiger partial charge >= 0.3 is 0 Å². The van der Waals surface area contributed by atoms with Crippen LogP contribution in [0.15, 0.2) is 67.0 Å². The number of halogens is 2. The molecule has 0 saturated heterocycles. The Kier molecular flexibility index (Phi) is 5.81. The van der Waals surface area contributed by atoms with Gasteiger partial charge in [-0.2, -0.15) is 0 Å². The molecule has 0 bridgehead atoms. The van der Waals surface area contributed by atoms with Crippen LogP contribution in [-0.4, -0.2) is 17.4 Å². The van der Waals surface area contributed by atoms with Crippen molar-refractivity contribution in [2.45, 2.75) is 6.42 Å². The number of nitrogens with one attached hydrogen (secondary N) is 2. The number of pyridine rings is 1. The number of amides is 1. The molecule has 0 saturated carbocycles. The van der Waals surface area contributed by atoms with E-state index in [1.165, 1.54) is 12.3 Å². The van der Waals surface area contributed by atoms with Crippen LogP contribution in [-0.2, 0) is 6.42 Å². The lowest BCUT2D eigenvalue weighted by molar-refractivity contribution is 0.0953. The van der Waals surface area contributed by atoms with Gasteiger partial charge in [-0.3, -0.25) is 9.78 Å². The van der Waals surface area contributed by atoms with E-state index in [1.807, 2.05) is 12.1 Å². The molecular weight excluding hydrogens is 353 g/mol. The molecule has 0 aliphatic carbocycles. The Balaban J connectivity index is 1.60. The first-order valence-electron chi connectivity index (χ1n) is 8.11. The molecule has 26 heavy (non-hydrogen) atoms. The SMILES string of the molecule is O=C(NCCc1ccccc1F)c1cncc(Nc2cccc(Cl)c2)c1. The van der Waals surface area contributed by atoms with Crippen LogP contribution < -0.4 is 10.6 Å². The smallest absolute Gasteiger partial charge is 0.252 e. The van der Waals surface area contributed by atoms with Crippen molar-refractivity contribution in [2.75, 3.05) is 11.9 Å². The van der Waals surface area contributed by atoms with E-state index in [2.05, 4.69) is 15.6 Å². The zero-order valence-corrected chi connectivity index (χ0v) is 14.6. The van der Waals surface area contributed by atoms with Gasteiger partial charge in [-0.05, 0) is 42.3 Å². The van der Waals surface area contributed by atoms with Crippen LogP contribution in [0.25, 0.3) is 0 Å². The number of hydrogen-bond acceptors (Lipinski definition) is 3. The minimum Gasteiger partial charge on any atom is -0.354 e. The lowest BCUT2D eigenvalue weighted by Crippen LogP contribution is -2.26. The van der Waals surface area contributed by atoms with Crippen LogP contribution in [0.4, 0.5) is 15.8 Å². The number of aromatic nitrogens is 1. The molecule has 0 unspecified atom stereocenters. The van der Waals surface area contributed by atoms with E-state index in [0.717, 1.165) is 5.69 Å². The summed E-state index contributed by atoms with van der Waals surface area (Å²) in [5.41, 5.74) is 2.47. The first-order chi connectivity index (χ1) is 12.6. The standard InChI is InChI=1S/C20H17ClFN3O/c21-16-5-3-6-17(11-16)25-18-10-15(12-23-13-18)20(26)24-9-8-14-4-1-2-7-19(14)22/h1-7,10-13,25H,8-9H2,(H,24,26). The van der Waals surface area contributed by atoms with Gasteiger partial charge in [0, 0.05) is 23.5 Å². The van der Waals surface area contributed by atoms with Crippen molar-refractivity contribution in [3.05, 3.63) is 89.0 Å². The van der Waals surface area contributed by atoms with E-state index in [1.54, 1.807) is 42.6 Å². The molecule has 4 nitrogen and oxygen atoms in total. The highest BCUT2D eigenvalue weighted by atomic mass is 35.5. The summed E-state index contributed by atoms with van der Waals surface area (Å²) in [5, 5.41) is 6.55. The van der Waals surface area contributed by atoms with Gasteiger partial charge in [0.25, 0.3) is 5.91 Å². The van der Waals surface area contributed by atoms with E-state index in [0.29, 0.717) is 34.8 Å². The Morgan fingerprint density at radius 3 is 2.69 bits per heavy atom. The van der Waals surface area contributed by atoms with E-state index in [9.17, 15) is 9.18 Å². The minimum atomic E-state index is -0.267. The maximum absolute atomic E-state index is 13.6. The highest BCUT2D eigenvalue weighted by Gasteiger charge is 2.08. The van der Waals surface area contributed by atoms with E-state index >= 15 is 0 Å². The summed E-state index contributed by atoms with van der Waals surface area (Å²) in [5.74, 6) is -0.528. The molecule has 1 aromatic heterocycles. The normalized spacial score (nSPS) is 10.4. The third kappa shape index (κ3) is 4.80. The topological polar surface area (TPSA) is 54.0 Å². The van der Waals surface area contributed by atoms with E-state index in [4.69, 9.17) is 11.6 Å². The third-order valence-electron chi connectivity index (χ3n) is 3.75. The molecule has 0 fully saturated rings. The van der Waals surface area contributed by atoms with Crippen LogP contribution in [0.3, 0.4) is 0 Å². The molecule has 3 rings (SSSR count). The van der Waals surface area contributed by atoms with Gasteiger partial charge < -0.3 is 10.6 Å². The number of rotatable bonds is 6. The van der Waals surface area contributed by atoms with Crippen molar-refractivity contribution >= 4 is 28.9 Å². The average Bonchev–Trinajstić information content (AvgIpc) is 2.63. The van der Waals surface area contributed by atoms with E-state index in [-0.39, 0.29) is 11.7 Å². The van der Waals surface area contributed by atoms with Crippen LogP contribution in [0.1, 0.15) is 15.9 Å². The highest BCUT2D eigenvalue weighted by molar-refractivity contribution is 6.30. The van der Waals surface area contributed by atoms with Gasteiger partial charge in [0.2, 0.25) is 0 Å². The van der Waals surface area contributed by atoms with Crippen molar-refractivity contribution in [1.29, 1.82) is 0 Å². The largest absolute Gasteiger partial charge is 0.354 e. The number of hydrogen-bond donors (Lipinski definition) is 2. The Hall–Kier alpha value is -2.92. The fourth-order valence-electron chi connectivity index (χ4n) is 2.48. The van der Waals surface area contributed by atoms with Gasteiger partial charge in [-0.15, -0.1) is 0 Å². The summed E-state index contributed by atoms with van der Waals surface area (Å²) in [6.45, 7) is 0.339. The molecule has 0 aliphatic rings. The molecule has 0 radical (unpaired) electrons. The summed E-state index contributed by atoms with van der Waals surface area (Å²) in [6.07, 6.45) is 3.53. The quantitative estimate of drug-likeness (QED) is 0.668. The van der Waals surface area contributed by atoms with Gasteiger partial charge in [-0.25, -0.2) is 4.39 Å². The second-order valence-electron chi connectivity index (χ2n) is 5.69. The van der Waals surface area contributed by atoms with Crippen molar-refractivity contribution < 1.29 is 9.18 Å². The maximum Gasteiger partial charge on any atom is 0.252 e. The molecule has 0 spiro atoms. The first kappa shape index (κ1) is 17.9. The second-order valence-corrected chi connectivity index (χ2v) is 6.13. The fraction of sp³-hybridized carbons (Fsp3) is 0.100. The Morgan fingerprint density at radius 1 is 1.04 bits per heavy atom. The maximum atomic E-state index is 13.6. The molecule has 3 aromatic rings.